The lowest BCUT2D eigenvalue weighted by Gasteiger charge is -2.27. The van der Waals surface area contributed by atoms with E-state index in [1.807, 2.05) is 44.2 Å². The molecule has 2 aromatic heterocycles. The van der Waals surface area contributed by atoms with Crippen molar-refractivity contribution >= 4 is 17.5 Å². The van der Waals surface area contributed by atoms with Crippen LogP contribution in [0.3, 0.4) is 0 Å². The Morgan fingerprint density at radius 3 is 2.87 bits per heavy atom. The number of hydrogen-bond donors (Lipinski definition) is 0. The molecule has 6 nitrogen and oxygen atoms in total. The van der Waals surface area contributed by atoms with Gasteiger partial charge in [-0.15, -0.1) is 0 Å². The zero-order valence-electron chi connectivity index (χ0n) is 16.8. The number of aryl methyl sites for hydroxylation is 1. The molecule has 0 bridgehead atoms. The summed E-state index contributed by atoms with van der Waals surface area (Å²) in [7, 11) is 0. The molecule has 0 amide bonds. The van der Waals surface area contributed by atoms with E-state index in [-0.39, 0.29) is 17.6 Å². The van der Waals surface area contributed by atoms with Gasteiger partial charge in [0.1, 0.15) is 17.7 Å². The monoisotopic (exact) mass is 419 g/mol. The minimum Gasteiger partial charge on any atom is -0.486 e. The van der Waals surface area contributed by atoms with E-state index >= 15 is 0 Å². The first-order chi connectivity index (χ1) is 14.6. The van der Waals surface area contributed by atoms with E-state index in [1.54, 1.807) is 18.3 Å². The van der Waals surface area contributed by atoms with Crippen molar-refractivity contribution in [3.63, 3.8) is 0 Å². The van der Waals surface area contributed by atoms with Crippen molar-refractivity contribution in [2.75, 3.05) is 12.4 Å². The molecule has 0 saturated carbocycles. The summed E-state index contributed by atoms with van der Waals surface area (Å²) in [5, 5.41) is 9.77. The number of ether oxygens (including phenoxy) is 2. The van der Waals surface area contributed by atoms with Crippen LogP contribution in [0.15, 0.2) is 53.7 Å². The molecule has 0 aliphatic carbocycles. The van der Waals surface area contributed by atoms with Crippen LogP contribution < -0.4 is 9.47 Å². The maximum atomic E-state index is 12.9. The molecule has 0 N–H and O–H groups in total. The lowest BCUT2D eigenvalue weighted by Crippen LogP contribution is -2.33. The number of para-hydroxylation sites is 2. The van der Waals surface area contributed by atoms with Gasteiger partial charge in [-0.3, -0.25) is 4.79 Å². The summed E-state index contributed by atoms with van der Waals surface area (Å²) < 4.78 is 14.0. The lowest BCUT2D eigenvalue weighted by molar-refractivity contribution is 0.0777. The van der Waals surface area contributed by atoms with E-state index in [0.29, 0.717) is 29.3 Å². The van der Waals surface area contributed by atoms with Crippen molar-refractivity contribution in [2.45, 2.75) is 31.5 Å². The zero-order valence-corrected chi connectivity index (χ0v) is 17.6. The van der Waals surface area contributed by atoms with Gasteiger partial charge in [0.25, 0.3) is 0 Å². The number of fused-ring (bicyclic) bond motifs is 1. The quantitative estimate of drug-likeness (QED) is 0.440. The SMILES string of the molecule is Cc1cc(C(=O)CSc2ncccc2C#N)c(C)n1C[C@@H]1COc2ccccc2O1. The van der Waals surface area contributed by atoms with Gasteiger partial charge in [0.2, 0.25) is 0 Å². The van der Waals surface area contributed by atoms with Crippen molar-refractivity contribution in [2.24, 2.45) is 0 Å². The Labute approximate surface area is 179 Å². The molecule has 4 rings (SSSR count). The van der Waals surface area contributed by atoms with Crippen LogP contribution in [0.1, 0.15) is 27.3 Å². The van der Waals surface area contributed by atoms with Crippen molar-refractivity contribution in [3.05, 3.63) is 71.2 Å². The molecular formula is C23H21N3O3S. The number of benzene rings is 1. The Morgan fingerprint density at radius 1 is 1.27 bits per heavy atom. The molecule has 1 aliphatic rings. The third-order valence-electron chi connectivity index (χ3n) is 5.06. The van der Waals surface area contributed by atoms with Gasteiger partial charge >= 0.3 is 0 Å². The van der Waals surface area contributed by atoms with Crippen LogP contribution in [0.2, 0.25) is 0 Å². The van der Waals surface area contributed by atoms with Gasteiger partial charge in [-0.2, -0.15) is 5.26 Å². The molecule has 0 spiro atoms. The number of carbonyl (C=O) groups is 1. The second-order valence-corrected chi connectivity index (χ2v) is 8.04. The first-order valence-corrected chi connectivity index (χ1v) is 10.6. The molecular weight excluding hydrogens is 398 g/mol. The summed E-state index contributed by atoms with van der Waals surface area (Å²) in [6, 6.07) is 15.1. The number of ketones is 1. The number of nitrogens with zero attached hydrogens (tertiary/aromatic N) is 3. The van der Waals surface area contributed by atoms with Crippen LogP contribution in [0.5, 0.6) is 11.5 Å². The topological polar surface area (TPSA) is 77.1 Å². The maximum Gasteiger partial charge on any atom is 0.174 e. The lowest BCUT2D eigenvalue weighted by atomic mass is 10.2. The Bertz CT molecular complexity index is 1130. The van der Waals surface area contributed by atoms with E-state index in [4.69, 9.17) is 9.47 Å². The van der Waals surface area contributed by atoms with Crippen LogP contribution in [-0.2, 0) is 6.54 Å². The molecule has 1 aliphatic heterocycles. The molecule has 1 atom stereocenters. The van der Waals surface area contributed by atoms with Gasteiger partial charge in [0.15, 0.2) is 23.4 Å². The summed E-state index contributed by atoms with van der Waals surface area (Å²) in [5.41, 5.74) is 3.07. The van der Waals surface area contributed by atoms with E-state index in [0.717, 1.165) is 22.9 Å². The number of pyridine rings is 1. The van der Waals surface area contributed by atoms with E-state index in [1.165, 1.54) is 11.8 Å². The first-order valence-electron chi connectivity index (χ1n) is 9.63. The van der Waals surface area contributed by atoms with Gasteiger partial charge in [-0.1, -0.05) is 23.9 Å². The summed E-state index contributed by atoms with van der Waals surface area (Å²) in [4.78, 5) is 17.1. The van der Waals surface area contributed by atoms with Crippen LogP contribution >= 0.6 is 11.8 Å². The normalized spacial score (nSPS) is 14.9. The molecule has 0 radical (unpaired) electrons. The third-order valence-corrected chi connectivity index (χ3v) is 6.06. The number of Topliss-reactive ketones (excluding diaryl/α,β-unsaturated/α-hetero) is 1. The predicted molar refractivity (Wildman–Crippen MR) is 114 cm³/mol. The minimum absolute atomic E-state index is 0.0139. The predicted octanol–water partition coefficient (Wildman–Crippen LogP) is 4.19. The van der Waals surface area contributed by atoms with E-state index < -0.39 is 0 Å². The smallest absolute Gasteiger partial charge is 0.174 e. The number of hydrogen-bond acceptors (Lipinski definition) is 6. The fourth-order valence-electron chi connectivity index (χ4n) is 3.52. The summed E-state index contributed by atoms with van der Waals surface area (Å²) in [6.45, 7) is 5.00. The molecule has 1 aromatic carbocycles. The zero-order chi connectivity index (χ0) is 21.1. The average molecular weight is 420 g/mol. The molecule has 152 valence electrons. The Hall–Kier alpha value is -3.24. The van der Waals surface area contributed by atoms with Crippen molar-refractivity contribution in [3.8, 4) is 17.6 Å². The highest BCUT2D eigenvalue weighted by Crippen LogP contribution is 2.32. The average Bonchev–Trinajstić information content (AvgIpc) is 3.06. The molecule has 3 aromatic rings. The molecule has 0 saturated heterocycles. The second kappa shape index (κ2) is 8.64. The van der Waals surface area contributed by atoms with Crippen molar-refractivity contribution in [1.82, 2.24) is 9.55 Å². The molecule has 3 heterocycles. The first kappa shape index (κ1) is 20.0. The molecule has 30 heavy (non-hydrogen) atoms. The summed E-state index contributed by atoms with van der Waals surface area (Å²) in [5.74, 6) is 1.74. The van der Waals surface area contributed by atoms with Crippen LogP contribution in [0, 0.1) is 25.2 Å². The van der Waals surface area contributed by atoms with E-state index in [9.17, 15) is 10.1 Å². The number of thioether (sulfide) groups is 1. The highest BCUT2D eigenvalue weighted by molar-refractivity contribution is 8.00. The molecule has 7 heteroatoms. The molecule has 0 unspecified atom stereocenters. The fourth-order valence-corrected chi connectivity index (χ4v) is 4.35. The third kappa shape index (κ3) is 4.05. The van der Waals surface area contributed by atoms with Gasteiger partial charge in [-0.25, -0.2) is 4.98 Å². The highest BCUT2D eigenvalue weighted by atomic mass is 32.2. The van der Waals surface area contributed by atoms with Crippen LogP contribution in [0.25, 0.3) is 0 Å². The highest BCUT2D eigenvalue weighted by Gasteiger charge is 2.24. The summed E-state index contributed by atoms with van der Waals surface area (Å²) in [6.07, 6.45) is 1.50. The second-order valence-electron chi connectivity index (χ2n) is 7.07. The number of aromatic nitrogens is 2. The Balaban J connectivity index is 1.46. The Kier molecular flexibility index (Phi) is 5.77. The van der Waals surface area contributed by atoms with Gasteiger partial charge in [0, 0.05) is 23.1 Å². The van der Waals surface area contributed by atoms with Gasteiger partial charge < -0.3 is 14.0 Å². The number of carbonyl (C=O) groups excluding carboxylic acids is 1. The van der Waals surface area contributed by atoms with Crippen LogP contribution in [-0.4, -0.2) is 33.8 Å². The fraction of sp³-hybridized carbons (Fsp3) is 0.261. The Morgan fingerprint density at radius 2 is 2.07 bits per heavy atom. The van der Waals surface area contributed by atoms with Crippen molar-refractivity contribution < 1.29 is 14.3 Å². The number of rotatable bonds is 6. The standard InChI is InChI=1S/C23H21N3O3S/c1-15-10-19(20(27)14-30-23-17(11-24)6-5-9-25-23)16(2)26(15)12-18-13-28-21-7-3-4-8-22(21)29-18/h3-10,18H,12-14H2,1-2H3/t18-/m1/s1. The largest absolute Gasteiger partial charge is 0.486 e. The molecule has 0 fully saturated rings. The number of nitriles is 1. The van der Waals surface area contributed by atoms with Gasteiger partial charge in [-0.05, 0) is 44.2 Å². The van der Waals surface area contributed by atoms with E-state index in [2.05, 4.69) is 15.6 Å². The van der Waals surface area contributed by atoms with Crippen LogP contribution in [0.4, 0.5) is 0 Å². The van der Waals surface area contributed by atoms with Gasteiger partial charge in [0.05, 0.1) is 17.9 Å². The minimum atomic E-state index is -0.131. The van der Waals surface area contributed by atoms with Crippen molar-refractivity contribution in [1.29, 1.82) is 5.26 Å². The maximum absolute atomic E-state index is 12.9. The summed E-state index contributed by atoms with van der Waals surface area (Å²) >= 11 is 1.29.